The third kappa shape index (κ3) is 3.74. The Morgan fingerprint density at radius 3 is 2.68 bits per heavy atom. The number of alkyl carbamates (subject to hydrolysis) is 1. The van der Waals surface area contributed by atoms with E-state index >= 15 is 0 Å². The van der Waals surface area contributed by atoms with Gasteiger partial charge in [-0.05, 0) is 18.4 Å². The van der Waals surface area contributed by atoms with Gasteiger partial charge in [-0.3, -0.25) is 4.90 Å². The van der Waals surface area contributed by atoms with Crippen LogP contribution >= 0.6 is 0 Å². The van der Waals surface area contributed by atoms with Gasteiger partial charge in [0.2, 0.25) is 0 Å². The molecule has 1 saturated carbocycles. The van der Waals surface area contributed by atoms with Gasteiger partial charge in [-0.2, -0.15) is 0 Å². The van der Waals surface area contributed by atoms with E-state index in [9.17, 15) is 13.6 Å². The number of benzene rings is 1. The molecule has 1 heterocycles. The van der Waals surface area contributed by atoms with E-state index in [4.69, 9.17) is 4.74 Å². The number of likely N-dealkylation sites (tertiary alicyclic amines) is 1. The maximum Gasteiger partial charge on any atom is 0.407 e. The molecule has 0 radical (unpaired) electrons. The van der Waals surface area contributed by atoms with Crippen molar-refractivity contribution in [2.24, 2.45) is 0 Å². The smallest absolute Gasteiger partial charge is 0.407 e. The second-order valence-corrected chi connectivity index (χ2v) is 6.10. The van der Waals surface area contributed by atoms with Gasteiger partial charge in [-0.1, -0.05) is 30.3 Å². The average molecular weight is 310 g/mol. The second kappa shape index (κ2) is 6.20. The van der Waals surface area contributed by atoms with Crippen LogP contribution in [-0.4, -0.2) is 42.1 Å². The number of nitrogens with one attached hydrogen (secondary N) is 1. The molecule has 6 heteroatoms. The summed E-state index contributed by atoms with van der Waals surface area (Å²) in [5.74, 6) is -2.55. The highest BCUT2D eigenvalue weighted by Gasteiger charge is 2.44. The zero-order valence-electron chi connectivity index (χ0n) is 12.3. The fraction of sp³-hybridized carbons (Fsp3) is 0.562. The molecule has 0 unspecified atom stereocenters. The molecule has 0 aromatic heterocycles. The van der Waals surface area contributed by atoms with E-state index in [0.29, 0.717) is 6.54 Å². The monoisotopic (exact) mass is 310 g/mol. The first kappa shape index (κ1) is 15.2. The molecule has 1 aromatic rings. The highest BCUT2D eigenvalue weighted by Crippen LogP contribution is 2.34. The molecular weight excluding hydrogens is 290 g/mol. The van der Waals surface area contributed by atoms with E-state index in [1.807, 2.05) is 35.2 Å². The predicted octanol–water partition coefficient (Wildman–Crippen LogP) is 2.78. The molecule has 2 aliphatic rings. The molecule has 1 aliphatic heterocycles. The van der Waals surface area contributed by atoms with Gasteiger partial charge in [-0.15, -0.1) is 0 Å². The van der Waals surface area contributed by atoms with Gasteiger partial charge < -0.3 is 10.1 Å². The summed E-state index contributed by atoms with van der Waals surface area (Å²) in [5.41, 5.74) is 0.934. The Bertz CT molecular complexity index is 518. The molecule has 1 N–H and O–H groups in total. The normalized spacial score (nSPS) is 27.2. The molecule has 0 spiro atoms. The summed E-state index contributed by atoms with van der Waals surface area (Å²) >= 11 is 0. The highest BCUT2D eigenvalue weighted by molar-refractivity contribution is 5.67. The van der Waals surface area contributed by atoms with Crippen LogP contribution in [0.4, 0.5) is 13.6 Å². The third-order valence-corrected chi connectivity index (χ3v) is 4.36. The topological polar surface area (TPSA) is 41.6 Å². The van der Waals surface area contributed by atoms with E-state index in [0.717, 1.165) is 18.4 Å². The Morgan fingerprint density at radius 1 is 1.32 bits per heavy atom. The number of nitrogens with zero attached hydrogens (tertiary/aromatic N) is 1. The Morgan fingerprint density at radius 2 is 2.05 bits per heavy atom. The third-order valence-electron chi connectivity index (χ3n) is 4.36. The number of carbonyl (C=O) groups excluding carboxylic acids is 1. The van der Waals surface area contributed by atoms with Crippen LogP contribution in [-0.2, 0) is 11.3 Å². The van der Waals surface area contributed by atoms with E-state index in [2.05, 4.69) is 5.32 Å². The molecule has 0 bridgehead atoms. The molecule has 1 aromatic carbocycles. The number of hydrogen-bond donors (Lipinski definition) is 1. The number of alkyl halides is 2. The Kier molecular flexibility index (Phi) is 4.29. The second-order valence-electron chi connectivity index (χ2n) is 6.10. The first-order chi connectivity index (χ1) is 10.5. The lowest BCUT2D eigenvalue weighted by Gasteiger charge is -2.41. The lowest BCUT2D eigenvalue weighted by Crippen LogP contribution is -2.53. The van der Waals surface area contributed by atoms with Gasteiger partial charge in [0.25, 0.3) is 5.92 Å². The van der Waals surface area contributed by atoms with Gasteiger partial charge in [0.1, 0.15) is 6.61 Å². The maximum absolute atomic E-state index is 13.2. The quantitative estimate of drug-likeness (QED) is 0.930. The summed E-state index contributed by atoms with van der Waals surface area (Å²) in [5, 5.41) is 2.79. The number of halogens is 2. The summed E-state index contributed by atoms with van der Waals surface area (Å²) in [6.07, 6.45) is 0.937. The van der Waals surface area contributed by atoms with Crippen LogP contribution in [0.5, 0.6) is 0 Å². The maximum atomic E-state index is 13.2. The largest absolute Gasteiger partial charge is 0.445 e. The first-order valence-corrected chi connectivity index (χ1v) is 7.61. The van der Waals surface area contributed by atoms with Crippen LogP contribution in [0.25, 0.3) is 0 Å². The molecule has 120 valence electrons. The number of rotatable bonds is 4. The number of amides is 1. The lowest BCUT2D eigenvalue weighted by molar-refractivity contribution is -0.000719. The van der Waals surface area contributed by atoms with Crippen LogP contribution in [0, 0.1) is 0 Å². The summed E-state index contributed by atoms with van der Waals surface area (Å²) < 4.78 is 31.5. The van der Waals surface area contributed by atoms with Crippen molar-refractivity contribution in [3.63, 3.8) is 0 Å². The molecule has 0 atom stereocenters. The van der Waals surface area contributed by atoms with Crippen LogP contribution in [0.3, 0.4) is 0 Å². The minimum atomic E-state index is -2.55. The van der Waals surface area contributed by atoms with E-state index in [1.165, 1.54) is 0 Å². The van der Waals surface area contributed by atoms with Crippen molar-refractivity contribution in [3.05, 3.63) is 35.9 Å². The first-order valence-electron chi connectivity index (χ1n) is 7.61. The summed E-state index contributed by atoms with van der Waals surface area (Å²) in [4.78, 5) is 13.5. The SMILES string of the molecule is O=C(NC1CC(N2CCC(F)(F)C2)C1)OCc1ccccc1. The van der Waals surface area contributed by atoms with Crippen molar-refractivity contribution in [2.75, 3.05) is 13.1 Å². The summed E-state index contributed by atoms with van der Waals surface area (Å²) in [6.45, 7) is 0.535. The number of carbonyl (C=O) groups is 1. The van der Waals surface area contributed by atoms with Crippen molar-refractivity contribution in [2.45, 2.75) is 43.9 Å². The van der Waals surface area contributed by atoms with Crippen molar-refractivity contribution in [1.29, 1.82) is 0 Å². The molecule has 1 saturated heterocycles. The fourth-order valence-corrected chi connectivity index (χ4v) is 3.01. The minimum Gasteiger partial charge on any atom is -0.445 e. The summed E-state index contributed by atoms with van der Waals surface area (Å²) in [7, 11) is 0. The van der Waals surface area contributed by atoms with E-state index in [1.54, 1.807) is 0 Å². The summed E-state index contributed by atoms with van der Waals surface area (Å²) in [6, 6.07) is 9.65. The zero-order valence-corrected chi connectivity index (χ0v) is 12.3. The molecule has 22 heavy (non-hydrogen) atoms. The van der Waals surface area contributed by atoms with Crippen molar-refractivity contribution in [1.82, 2.24) is 10.2 Å². The minimum absolute atomic E-state index is 0.0301. The fourth-order valence-electron chi connectivity index (χ4n) is 3.01. The van der Waals surface area contributed by atoms with Crippen molar-refractivity contribution in [3.8, 4) is 0 Å². The van der Waals surface area contributed by atoms with Crippen LogP contribution in [0.15, 0.2) is 30.3 Å². The average Bonchev–Trinajstić information content (AvgIpc) is 2.81. The Hall–Kier alpha value is -1.69. The van der Waals surface area contributed by atoms with Gasteiger partial charge in [0.15, 0.2) is 0 Å². The lowest BCUT2D eigenvalue weighted by atomic mass is 9.86. The van der Waals surface area contributed by atoms with Crippen molar-refractivity contribution < 1.29 is 18.3 Å². The molecule has 2 fully saturated rings. The predicted molar refractivity (Wildman–Crippen MR) is 77.7 cm³/mol. The number of ether oxygens (including phenoxy) is 1. The van der Waals surface area contributed by atoms with Crippen molar-refractivity contribution >= 4 is 6.09 Å². The van der Waals surface area contributed by atoms with Gasteiger partial charge in [0, 0.05) is 25.0 Å². The van der Waals surface area contributed by atoms with Crippen LogP contribution in [0.1, 0.15) is 24.8 Å². The number of hydrogen-bond acceptors (Lipinski definition) is 3. The van der Waals surface area contributed by atoms with Crippen LogP contribution < -0.4 is 5.32 Å². The van der Waals surface area contributed by atoms with E-state index in [-0.39, 0.29) is 31.7 Å². The van der Waals surface area contributed by atoms with E-state index < -0.39 is 12.0 Å². The zero-order chi connectivity index (χ0) is 15.6. The molecule has 1 amide bonds. The van der Waals surface area contributed by atoms with Gasteiger partial charge in [-0.25, -0.2) is 13.6 Å². The molecule has 1 aliphatic carbocycles. The van der Waals surface area contributed by atoms with Gasteiger partial charge >= 0.3 is 6.09 Å². The Balaban J connectivity index is 1.35. The standard InChI is InChI=1S/C16H20F2N2O2/c17-16(18)6-7-20(11-16)14-8-13(9-14)19-15(21)22-10-12-4-2-1-3-5-12/h1-5,13-14H,6-11H2,(H,19,21). The van der Waals surface area contributed by atoms with Crippen LogP contribution in [0.2, 0.25) is 0 Å². The molecular formula is C16H20F2N2O2. The Labute approximate surface area is 128 Å². The highest BCUT2D eigenvalue weighted by atomic mass is 19.3. The van der Waals surface area contributed by atoms with Gasteiger partial charge in [0.05, 0.1) is 6.54 Å². The molecule has 3 rings (SSSR count). The molecule has 4 nitrogen and oxygen atoms in total.